The van der Waals surface area contributed by atoms with E-state index in [0.717, 1.165) is 50.7 Å². The summed E-state index contributed by atoms with van der Waals surface area (Å²) in [6, 6.07) is 0. The Morgan fingerprint density at radius 2 is 2.29 bits per heavy atom. The van der Waals surface area contributed by atoms with Crippen LogP contribution in [0.2, 0.25) is 0 Å². The Morgan fingerprint density at radius 3 is 3.00 bits per heavy atom. The second-order valence-corrected chi connectivity index (χ2v) is 5.56. The van der Waals surface area contributed by atoms with Gasteiger partial charge >= 0.3 is 0 Å². The van der Waals surface area contributed by atoms with Gasteiger partial charge in [-0.25, -0.2) is 0 Å². The zero-order valence-electron chi connectivity index (χ0n) is 13.0. The van der Waals surface area contributed by atoms with E-state index in [9.17, 15) is 4.79 Å². The summed E-state index contributed by atoms with van der Waals surface area (Å²) in [6.07, 6.45) is 1.99. The average Bonchev–Trinajstić information content (AvgIpc) is 2.85. The number of hydrogen-bond donors (Lipinski definition) is 2. The Morgan fingerprint density at radius 1 is 1.48 bits per heavy atom. The van der Waals surface area contributed by atoms with E-state index in [4.69, 9.17) is 5.73 Å². The van der Waals surface area contributed by atoms with Crippen LogP contribution in [0.25, 0.3) is 0 Å². The van der Waals surface area contributed by atoms with Crippen molar-refractivity contribution in [1.82, 2.24) is 25.0 Å². The molecule has 1 unspecified atom stereocenters. The fraction of sp³-hybridized carbons (Fsp3) is 0.786. The summed E-state index contributed by atoms with van der Waals surface area (Å²) in [5, 5.41) is 11.3. The second-order valence-electron chi connectivity index (χ2n) is 5.56. The molecule has 7 heteroatoms. The zero-order valence-corrected chi connectivity index (χ0v) is 13.0. The van der Waals surface area contributed by atoms with Crippen molar-refractivity contribution in [3.63, 3.8) is 0 Å². The lowest BCUT2D eigenvalue weighted by atomic mass is 9.97. The van der Waals surface area contributed by atoms with Gasteiger partial charge in [0.1, 0.15) is 11.6 Å². The van der Waals surface area contributed by atoms with E-state index in [1.54, 1.807) is 0 Å². The third-order valence-electron chi connectivity index (χ3n) is 4.01. The molecule has 2 heterocycles. The fourth-order valence-corrected chi connectivity index (χ4v) is 2.91. The highest BCUT2D eigenvalue weighted by Crippen LogP contribution is 2.18. The highest BCUT2D eigenvalue weighted by molar-refractivity contribution is 5.78. The zero-order chi connectivity index (χ0) is 15.2. The van der Waals surface area contributed by atoms with E-state index < -0.39 is 0 Å². The minimum absolute atomic E-state index is 0.0596. The quantitative estimate of drug-likeness (QED) is 0.764. The van der Waals surface area contributed by atoms with Crippen molar-refractivity contribution in [2.75, 3.05) is 26.2 Å². The van der Waals surface area contributed by atoms with Gasteiger partial charge in [-0.05, 0) is 33.2 Å². The van der Waals surface area contributed by atoms with Crippen molar-refractivity contribution in [2.45, 2.75) is 39.8 Å². The van der Waals surface area contributed by atoms with Gasteiger partial charge in [-0.15, -0.1) is 10.2 Å². The Bertz CT molecular complexity index is 472. The first-order valence-electron chi connectivity index (χ1n) is 7.74. The minimum Gasteiger partial charge on any atom is -0.355 e. The molecular formula is C14H26N6O. The first-order chi connectivity index (χ1) is 10.2. The smallest absolute Gasteiger partial charge is 0.224 e. The van der Waals surface area contributed by atoms with Gasteiger partial charge in [-0.2, -0.15) is 0 Å². The van der Waals surface area contributed by atoms with Gasteiger partial charge in [0.15, 0.2) is 0 Å². The van der Waals surface area contributed by atoms with E-state index in [-0.39, 0.29) is 11.8 Å². The number of hydrogen-bond acceptors (Lipinski definition) is 5. The van der Waals surface area contributed by atoms with Crippen molar-refractivity contribution >= 4 is 5.91 Å². The predicted octanol–water partition coefficient (Wildman–Crippen LogP) is -0.107. The number of likely N-dealkylation sites (tertiary alicyclic amines) is 1. The summed E-state index contributed by atoms with van der Waals surface area (Å²) in [5.41, 5.74) is 5.43. The fourth-order valence-electron chi connectivity index (χ4n) is 2.91. The van der Waals surface area contributed by atoms with Crippen LogP contribution in [-0.4, -0.2) is 51.8 Å². The molecule has 3 N–H and O–H groups in total. The average molecular weight is 294 g/mol. The van der Waals surface area contributed by atoms with Gasteiger partial charge in [-0.1, -0.05) is 0 Å². The molecule has 1 aromatic rings. The molecule has 1 atom stereocenters. The third-order valence-corrected chi connectivity index (χ3v) is 4.01. The first kappa shape index (κ1) is 15.9. The Labute approximate surface area is 125 Å². The van der Waals surface area contributed by atoms with Crippen molar-refractivity contribution in [1.29, 1.82) is 0 Å². The van der Waals surface area contributed by atoms with Crippen LogP contribution in [-0.2, 0) is 17.9 Å². The molecule has 118 valence electrons. The van der Waals surface area contributed by atoms with Crippen LogP contribution in [0.5, 0.6) is 0 Å². The van der Waals surface area contributed by atoms with Gasteiger partial charge < -0.3 is 15.6 Å². The molecule has 0 radical (unpaired) electrons. The largest absolute Gasteiger partial charge is 0.355 e. The maximum atomic E-state index is 12.1. The van der Waals surface area contributed by atoms with Gasteiger partial charge in [0.2, 0.25) is 5.91 Å². The van der Waals surface area contributed by atoms with Gasteiger partial charge in [0.05, 0.1) is 12.5 Å². The first-order valence-corrected chi connectivity index (χ1v) is 7.74. The SMILES string of the molecule is CCn1c(C)nnc1CN1CCCC(C(=O)NCCN)C1. The number of nitrogens with one attached hydrogen (secondary N) is 1. The molecular weight excluding hydrogens is 268 g/mol. The number of carbonyl (C=O) groups is 1. The number of carbonyl (C=O) groups excluding carboxylic acids is 1. The molecule has 1 fully saturated rings. The van der Waals surface area contributed by atoms with E-state index in [2.05, 4.69) is 31.9 Å². The number of piperidine rings is 1. The van der Waals surface area contributed by atoms with Crippen LogP contribution >= 0.6 is 0 Å². The minimum atomic E-state index is 0.0596. The van der Waals surface area contributed by atoms with Crippen LogP contribution in [0, 0.1) is 12.8 Å². The van der Waals surface area contributed by atoms with Crippen molar-refractivity contribution in [2.24, 2.45) is 11.7 Å². The second kappa shape index (κ2) is 7.51. The van der Waals surface area contributed by atoms with E-state index >= 15 is 0 Å². The summed E-state index contributed by atoms with van der Waals surface area (Å²) >= 11 is 0. The van der Waals surface area contributed by atoms with Gasteiger partial charge in [0.25, 0.3) is 0 Å². The Hall–Kier alpha value is -1.47. The Balaban J connectivity index is 1.93. The summed E-state index contributed by atoms with van der Waals surface area (Å²) in [4.78, 5) is 14.4. The van der Waals surface area contributed by atoms with Gasteiger partial charge in [-0.3, -0.25) is 9.69 Å². The molecule has 7 nitrogen and oxygen atoms in total. The van der Waals surface area contributed by atoms with Crippen LogP contribution in [0.3, 0.4) is 0 Å². The number of nitrogens with two attached hydrogens (primary N) is 1. The lowest BCUT2D eigenvalue weighted by Gasteiger charge is -2.31. The lowest BCUT2D eigenvalue weighted by Crippen LogP contribution is -2.44. The molecule has 0 aromatic carbocycles. The van der Waals surface area contributed by atoms with Crippen molar-refractivity contribution < 1.29 is 4.79 Å². The highest BCUT2D eigenvalue weighted by atomic mass is 16.1. The van der Waals surface area contributed by atoms with E-state index in [1.165, 1.54) is 0 Å². The number of aromatic nitrogens is 3. The summed E-state index contributed by atoms with van der Waals surface area (Å²) in [5.74, 6) is 2.11. The third kappa shape index (κ3) is 4.01. The Kier molecular flexibility index (Phi) is 5.69. The topological polar surface area (TPSA) is 89.1 Å². The lowest BCUT2D eigenvalue weighted by molar-refractivity contribution is -0.126. The molecule has 1 amide bonds. The van der Waals surface area contributed by atoms with E-state index in [0.29, 0.717) is 13.1 Å². The van der Waals surface area contributed by atoms with Crippen molar-refractivity contribution in [3.8, 4) is 0 Å². The summed E-state index contributed by atoms with van der Waals surface area (Å²) in [6.45, 7) is 8.54. The molecule has 1 aliphatic rings. The molecule has 0 bridgehead atoms. The highest BCUT2D eigenvalue weighted by Gasteiger charge is 2.26. The number of aryl methyl sites for hydroxylation is 1. The molecule has 0 spiro atoms. The monoisotopic (exact) mass is 294 g/mol. The number of rotatable bonds is 6. The standard InChI is InChI=1S/C14H26N6O/c1-3-20-11(2)17-18-13(20)10-19-8-4-5-12(9-19)14(21)16-7-6-15/h12H,3-10,15H2,1-2H3,(H,16,21). The van der Waals surface area contributed by atoms with Crippen molar-refractivity contribution in [3.05, 3.63) is 11.6 Å². The number of nitrogens with zero attached hydrogens (tertiary/aromatic N) is 4. The predicted molar refractivity (Wildman–Crippen MR) is 80.5 cm³/mol. The normalized spacial score (nSPS) is 19.7. The van der Waals surface area contributed by atoms with Crippen LogP contribution in [0.4, 0.5) is 0 Å². The molecule has 21 heavy (non-hydrogen) atoms. The van der Waals surface area contributed by atoms with E-state index in [1.807, 2.05) is 6.92 Å². The maximum absolute atomic E-state index is 12.1. The molecule has 1 aromatic heterocycles. The summed E-state index contributed by atoms with van der Waals surface area (Å²) in [7, 11) is 0. The summed E-state index contributed by atoms with van der Waals surface area (Å²) < 4.78 is 2.12. The van der Waals surface area contributed by atoms with Gasteiger partial charge in [0, 0.05) is 26.2 Å². The van der Waals surface area contributed by atoms with Crippen LogP contribution in [0.15, 0.2) is 0 Å². The molecule has 2 rings (SSSR count). The molecule has 1 aliphatic heterocycles. The van der Waals surface area contributed by atoms with Crippen LogP contribution in [0.1, 0.15) is 31.4 Å². The van der Waals surface area contributed by atoms with Crippen LogP contribution < -0.4 is 11.1 Å². The molecule has 0 aliphatic carbocycles. The number of amides is 1. The maximum Gasteiger partial charge on any atom is 0.224 e. The molecule has 0 saturated carbocycles. The molecule has 1 saturated heterocycles.